The minimum atomic E-state index is 0.930. The molecule has 0 N–H and O–H groups in total. The predicted molar refractivity (Wildman–Crippen MR) is 174 cm³/mol. The molecule has 0 unspecified atom stereocenters. The van der Waals surface area contributed by atoms with E-state index in [9.17, 15) is 0 Å². The molecule has 4 aromatic heterocycles. The molecule has 4 heterocycles. The topological polar surface area (TPSA) is 18.1 Å². The van der Waals surface area contributed by atoms with E-state index in [1.54, 1.807) is 0 Å². The van der Waals surface area contributed by atoms with Crippen LogP contribution >= 0.6 is 22.7 Å². The zero-order valence-electron chi connectivity index (χ0n) is 21.1. The number of benzene rings is 6. The van der Waals surface area contributed by atoms with Crippen molar-refractivity contribution < 1.29 is 4.42 Å². The van der Waals surface area contributed by atoms with Crippen molar-refractivity contribution in [3.63, 3.8) is 0 Å². The Morgan fingerprint density at radius 3 is 2.05 bits per heavy atom. The Hall–Kier alpha value is -4.64. The largest absolute Gasteiger partial charge is 0.454 e. The first kappa shape index (κ1) is 21.2. The molecule has 0 amide bonds. The maximum absolute atomic E-state index is 6.79. The molecule has 10 rings (SSSR count). The van der Waals surface area contributed by atoms with E-state index in [1.165, 1.54) is 67.4 Å². The van der Waals surface area contributed by atoms with Crippen LogP contribution in [0.2, 0.25) is 0 Å². The average Bonchev–Trinajstić information content (AvgIpc) is 3.75. The molecule has 0 aliphatic heterocycles. The van der Waals surface area contributed by atoms with Gasteiger partial charge in [-0.15, -0.1) is 22.7 Å². The molecule has 0 bridgehead atoms. The number of rotatable bonds is 1. The molecular weight excluding hydrogens is 527 g/mol. The fraction of sp³-hybridized carbons (Fsp3) is 0. The number of hydrogen-bond acceptors (Lipinski definition) is 3. The van der Waals surface area contributed by atoms with Gasteiger partial charge < -0.3 is 8.98 Å². The zero-order valence-corrected chi connectivity index (χ0v) is 22.8. The Kier molecular flexibility index (Phi) is 3.98. The third-order valence-electron chi connectivity index (χ3n) is 8.38. The number of thiophene rings is 2. The smallest absolute Gasteiger partial charge is 0.161 e. The van der Waals surface area contributed by atoms with Gasteiger partial charge in [0.1, 0.15) is 5.58 Å². The van der Waals surface area contributed by atoms with Crippen molar-refractivity contribution >= 4 is 107 Å². The molecule has 40 heavy (non-hydrogen) atoms. The van der Waals surface area contributed by atoms with Gasteiger partial charge in [0.05, 0.1) is 11.0 Å². The van der Waals surface area contributed by atoms with Gasteiger partial charge in [0.15, 0.2) is 5.58 Å². The van der Waals surface area contributed by atoms with Crippen LogP contribution in [0.15, 0.2) is 120 Å². The summed E-state index contributed by atoms with van der Waals surface area (Å²) in [4.78, 5) is 0. The van der Waals surface area contributed by atoms with Gasteiger partial charge in [-0.3, -0.25) is 0 Å². The van der Waals surface area contributed by atoms with Crippen LogP contribution in [0.25, 0.3) is 89.8 Å². The predicted octanol–water partition coefficient (Wildman–Crippen LogP) is 11.4. The van der Waals surface area contributed by atoms with Gasteiger partial charge >= 0.3 is 0 Å². The van der Waals surface area contributed by atoms with E-state index < -0.39 is 0 Å². The van der Waals surface area contributed by atoms with E-state index >= 15 is 0 Å². The van der Waals surface area contributed by atoms with Gasteiger partial charge in [0.25, 0.3) is 0 Å². The lowest BCUT2D eigenvalue weighted by molar-refractivity contribution is 0.671. The second kappa shape index (κ2) is 7.51. The summed E-state index contributed by atoms with van der Waals surface area (Å²) in [6.45, 7) is 0. The van der Waals surface area contributed by atoms with Crippen LogP contribution in [-0.4, -0.2) is 4.57 Å². The molecule has 0 aliphatic carbocycles. The fourth-order valence-electron chi connectivity index (χ4n) is 6.74. The highest BCUT2D eigenvalue weighted by Crippen LogP contribution is 2.50. The third kappa shape index (κ3) is 2.58. The molecule has 186 valence electrons. The van der Waals surface area contributed by atoms with Crippen LogP contribution < -0.4 is 0 Å². The number of furan rings is 1. The molecule has 0 fully saturated rings. The highest BCUT2D eigenvalue weighted by atomic mass is 32.1. The average molecular weight is 546 g/mol. The molecule has 0 radical (unpaired) electrons. The summed E-state index contributed by atoms with van der Waals surface area (Å²) in [6.07, 6.45) is 0. The lowest BCUT2D eigenvalue weighted by Gasteiger charge is -2.09. The first-order valence-electron chi connectivity index (χ1n) is 13.4. The Morgan fingerprint density at radius 1 is 0.500 bits per heavy atom. The van der Waals surface area contributed by atoms with Crippen LogP contribution in [0.4, 0.5) is 0 Å². The molecule has 0 saturated heterocycles. The quantitative estimate of drug-likeness (QED) is 0.201. The standard InChI is InChI=1S/C36H19NOS2/c1-5-13-26-22(10-1)31-32-24-12-4-8-16-29(24)40-36(32)33-23-11-2-6-14-27(23)38-35(33)34(31)37(26)20-17-18-30-25(19-20)21-9-3-7-15-28(21)39-30/h1-19H. The van der Waals surface area contributed by atoms with Crippen molar-refractivity contribution in [2.45, 2.75) is 0 Å². The number of nitrogens with zero attached hydrogens (tertiary/aromatic N) is 1. The second-order valence-electron chi connectivity index (χ2n) is 10.5. The van der Waals surface area contributed by atoms with E-state index in [0.29, 0.717) is 0 Å². The molecule has 6 aromatic carbocycles. The van der Waals surface area contributed by atoms with Crippen molar-refractivity contribution in [3.8, 4) is 5.69 Å². The van der Waals surface area contributed by atoms with E-state index in [1.807, 2.05) is 22.7 Å². The summed E-state index contributed by atoms with van der Waals surface area (Å²) in [5, 5.41) is 10.1. The maximum atomic E-state index is 6.79. The van der Waals surface area contributed by atoms with Gasteiger partial charge in [-0.2, -0.15) is 0 Å². The van der Waals surface area contributed by atoms with Gasteiger partial charge in [-0.25, -0.2) is 0 Å². The maximum Gasteiger partial charge on any atom is 0.161 e. The number of para-hydroxylation sites is 2. The highest BCUT2D eigenvalue weighted by Gasteiger charge is 2.25. The van der Waals surface area contributed by atoms with Gasteiger partial charge in [-0.1, -0.05) is 72.8 Å². The van der Waals surface area contributed by atoms with E-state index in [-0.39, 0.29) is 0 Å². The molecule has 0 spiro atoms. The van der Waals surface area contributed by atoms with E-state index in [4.69, 9.17) is 4.42 Å². The summed E-state index contributed by atoms with van der Waals surface area (Å²) >= 11 is 3.73. The third-order valence-corrected chi connectivity index (χ3v) is 10.7. The summed E-state index contributed by atoms with van der Waals surface area (Å²) in [6, 6.07) is 41.8. The lowest BCUT2D eigenvalue weighted by Crippen LogP contribution is -1.94. The normalized spacial score (nSPS) is 12.5. The minimum Gasteiger partial charge on any atom is -0.454 e. The molecule has 4 heteroatoms. The van der Waals surface area contributed by atoms with Crippen LogP contribution in [0, 0.1) is 0 Å². The van der Waals surface area contributed by atoms with Crippen LogP contribution in [0.1, 0.15) is 0 Å². The Labute approximate surface area is 235 Å². The highest BCUT2D eigenvalue weighted by molar-refractivity contribution is 7.27. The summed E-state index contributed by atoms with van der Waals surface area (Å²) in [7, 11) is 0. The summed E-state index contributed by atoms with van der Waals surface area (Å²) in [5.41, 5.74) is 5.38. The molecule has 0 saturated carbocycles. The van der Waals surface area contributed by atoms with Gasteiger partial charge in [0, 0.05) is 67.6 Å². The van der Waals surface area contributed by atoms with Crippen molar-refractivity contribution in [1.82, 2.24) is 4.57 Å². The molecule has 2 nitrogen and oxygen atoms in total. The summed E-state index contributed by atoms with van der Waals surface area (Å²) in [5.74, 6) is 0. The van der Waals surface area contributed by atoms with Crippen molar-refractivity contribution in [2.75, 3.05) is 0 Å². The number of hydrogen-bond donors (Lipinski definition) is 0. The first-order valence-corrected chi connectivity index (χ1v) is 15.1. The van der Waals surface area contributed by atoms with Crippen molar-refractivity contribution in [2.24, 2.45) is 0 Å². The number of fused-ring (bicyclic) bond motifs is 15. The van der Waals surface area contributed by atoms with E-state index in [2.05, 4.69) is 120 Å². The van der Waals surface area contributed by atoms with Crippen LogP contribution in [-0.2, 0) is 0 Å². The Bertz CT molecular complexity index is 2660. The Balaban J connectivity index is 1.50. The van der Waals surface area contributed by atoms with E-state index in [0.717, 1.165) is 22.4 Å². The zero-order chi connectivity index (χ0) is 25.9. The monoisotopic (exact) mass is 545 g/mol. The molecule has 10 aromatic rings. The fourth-order valence-corrected chi connectivity index (χ4v) is 9.09. The van der Waals surface area contributed by atoms with Crippen molar-refractivity contribution in [1.29, 1.82) is 0 Å². The van der Waals surface area contributed by atoms with Crippen LogP contribution in [0.5, 0.6) is 0 Å². The lowest BCUT2D eigenvalue weighted by atomic mass is 10.0. The van der Waals surface area contributed by atoms with Crippen molar-refractivity contribution in [3.05, 3.63) is 115 Å². The first-order chi connectivity index (χ1) is 19.8. The van der Waals surface area contributed by atoms with Crippen LogP contribution in [0.3, 0.4) is 0 Å². The molecular formula is C36H19NOS2. The summed E-state index contributed by atoms with van der Waals surface area (Å²) < 4.78 is 14.5. The minimum absolute atomic E-state index is 0.930. The Morgan fingerprint density at radius 2 is 1.18 bits per heavy atom. The molecule has 0 atom stereocenters. The second-order valence-corrected chi connectivity index (χ2v) is 12.6. The number of aromatic nitrogens is 1. The van der Waals surface area contributed by atoms with Gasteiger partial charge in [-0.05, 0) is 42.5 Å². The SMILES string of the molecule is c1ccc2c(c1)oc1c2c2sc3ccccc3c2c2c3ccccc3n(-c3ccc4sc5ccccc5c4c3)c12. The van der Waals surface area contributed by atoms with Gasteiger partial charge in [0.2, 0.25) is 0 Å². The molecule has 0 aliphatic rings.